The van der Waals surface area contributed by atoms with Crippen molar-refractivity contribution < 1.29 is 9.47 Å². The zero-order valence-electron chi connectivity index (χ0n) is 12.0. The Kier molecular flexibility index (Phi) is 5.79. The number of aromatic amines is 1. The number of hydrogen-bond acceptors (Lipinski definition) is 6. The molecule has 0 aliphatic heterocycles. The van der Waals surface area contributed by atoms with E-state index in [0.717, 1.165) is 28.0 Å². The second kappa shape index (κ2) is 7.82. The summed E-state index contributed by atoms with van der Waals surface area (Å²) in [6.45, 7) is 5.81. The maximum absolute atomic E-state index is 5.74. The summed E-state index contributed by atoms with van der Waals surface area (Å²) in [6.07, 6.45) is 0.944. The predicted molar refractivity (Wildman–Crippen MR) is 82.6 cm³/mol. The third kappa shape index (κ3) is 4.32. The summed E-state index contributed by atoms with van der Waals surface area (Å²) >= 11 is 3.53. The van der Waals surface area contributed by atoms with Crippen molar-refractivity contribution in [3.63, 3.8) is 0 Å². The van der Waals surface area contributed by atoms with Crippen LogP contribution in [0.15, 0.2) is 16.6 Å². The molecule has 0 saturated heterocycles. The first-order valence-electron chi connectivity index (χ1n) is 6.80. The van der Waals surface area contributed by atoms with Crippen LogP contribution in [0, 0.1) is 0 Å². The Morgan fingerprint density at radius 2 is 2.14 bits per heavy atom. The lowest BCUT2D eigenvalue weighted by Crippen LogP contribution is -2.05. The van der Waals surface area contributed by atoms with Crippen molar-refractivity contribution in [3.05, 3.63) is 22.2 Å². The van der Waals surface area contributed by atoms with Crippen LogP contribution in [-0.4, -0.2) is 33.8 Å². The van der Waals surface area contributed by atoms with Gasteiger partial charge in [-0.05, 0) is 52.2 Å². The van der Waals surface area contributed by atoms with Crippen molar-refractivity contribution >= 4 is 21.9 Å². The molecule has 0 radical (unpaired) electrons. The fourth-order valence-corrected chi connectivity index (χ4v) is 2.35. The van der Waals surface area contributed by atoms with Crippen LogP contribution in [0.1, 0.15) is 25.8 Å². The molecule has 0 spiro atoms. The minimum absolute atomic E-state index is 0.454. The van der Waals surface area contributed by atoms with Crippen LogP contribution in [0.25, 0.3) is 0 Å². The Bertz CT molecular complexity index is 562. The van der Waals surface area contributed by atoms with Gasteiger partial charge in [-0.1, -0.05) is 12.0 Å². The van der Waals surface area contributed by atoms with Crippen molar-refractivity contribution in [2.45, 2.75) is 26.8 Å². The topological polar surface area (TPSA) is 85.0 Å². The van der Waals surface area contributed by atoms with Gasteiger partial charge in [-0.15, -0.1) is 5.10 Å². The lowest BCUT2D eigenvalue weighted by molar-refractivity contribution is 0.275. The van der Waals surface area contributed by atoms with Crippen LogP contribution < -0.4 is 14.8 Å². The van der Waals surface area contributed by atoms with Crippen molar-refractivity contribution in [1.29, 1.82) is 0 Å². The van der Waals surface area contributed by atoms with E-state index in [9.17, 15) is 0 Å². The average molecular weight is 356 g/mol. The van der Waals surface area contributed by atoms with E-state index in [1.165, 1.54) is 0 Å². The molecule has 8 heteroatoms. The fourth-order valence-electron chi connectivity index (χ4n) is 1.75. The number of ether oxygens (including phenoxy) is 2. The minimum atomic E-state index is 0.454. The predicted octanol–water partition coefficient (Wildman–Crippen LogP) is 2.76. The van der Waals surface area contributed by atoms with Crippen molar-refractivity contribution in [1.82, 2.24) is 20.6 Å². The molecule has 0 bridgehead atoms. The quantitative estimate of drug-likeness (QED) is 0.757. The molecule has 114 valence electrons. The zero-order valence-corrected chi connectivity index (χ0v) is 13.6. The number of H-pyrrole nitrogens is 1. The van der Waals surface area contributed by atoms with Gasteiger partial charge in [0.25, 0.3) is 5.95 Å². The molecule has 0 unspecified atom stereocenters. The van der Waals surface area contributed by atoms with Gasteiger partial charge in [-0.25, -0.2) is 0 Å². The average Bonchev–Trinajstić information content (AvgIpc) is 2.98. The molecular formula is C13H18BrN5O2. The number of benzene rings is 1. The number of aromatic nitrogens is 4. The van der Waals surface area contributed by atoms with E-state index in [4.69, 9.17) is 9.47 Å². The highest BCUT2D eigenvalue weighted by atomic mass is 79.9. The van der Waals surface area contributed by atoms with Crippen LogP contribution in [0.5, 0.6) is 11.5 Å². The van der Waals surface area contributed by atoms with Crippen LogP contribution in [0.4, 0.5) is 5.95 Å². The highest BCUT2D eigenvalue weighted by Crippen LogP contribution is 2.37. The number of hydrogen-bond donors (Lipinski definition) is 2. The molecule has 1 heterocycles. The molecule has 0 amide bonds. The Labute approximate surface area is 131 Å². The van der Waals surface area contributed by atoms with Gasteiger partial charge in [0.2, 0.25) is 0 Å². The second-order valence-electron chi connectivity index (χ2n) is 4.28. The monoisotopic (exact) mass is 355 g/mol. The number of tetrazole rings is 1. The molecule has 0 saturated carbocycles. The Hall–Kier alpha value is -1.83. The van der Waals surface area contributed by atoms with Crippen LogP contribution in [0.2, 0.25) is 0 Å². The Morgan fingerprint density at radius 3 is 2.81 bits per heavy atom. The molecular weight excluding hydrogens is 338 g/mol. The van der Waals surface area contributed by atoms with Gasteiger partial charge >= 0.3 is 0 Å². The van der Waals surface area contributed by atoms with Crippen LogP contribution in [-0.2, 0) is 6.54 Å². The van der Waals surface area contributed by atoms with Gasteiger partial charge < -0.3 is 14.8 Å². The fraction of sp³-hybridized carbons (Fsp3) is 0.462. The van der Waals surface area contributed by atoms with E-state index < -0.39 is 0 Å². The highest BCUT2D eigenvalue weighted by molar-refractivity contribution is 9.10. The van der Waals surface area contributed by atoms with Gasteiger partial charge in [0.15, 0.2) is 11.5 Å². The van der Waals surface area contributed by atoms with Gasteiger partial charge in [0, 0.05) is 6.54 Å². The van der Waals surface area contributed by atoms with Crippen LogP contribution >= 0.6 is 15.9 Å². The van der Waals surface area contributed by atoms with Gasteiger partial charge in [0.1, 0.15) is 0 Å². The summed E-state index contributed by atoms with van der Waals surface area (Å²) in [6, 6.07) is 3.94. The Morgan fingerprint density at radius 1 is 1.29 bits per heavy atom. The smallest absolute Gasteiger partial charge is 0.263 e. The van der Waals surface area contributed by atoms with Crippen LogP contribution in [0.3, 0.4) is 0 Å². The molecule has 1 aromatic carbocycles. The first-order valence-corrected chi connectivity index (χ1v) is 7.59. The standard InChI is InChI=1S/C13H18BrN5O2/c1-3-5-21-12-10(14)6-9(7-11(12)20-4-2)8-15-13-16-18-19-17-13/h6-7H,3-5,8H2,1-2H3,(H2,15,16,17,18,19). The van der Waals surface area contributed by atoms with Gasteiger partial charge in [-0.3, -0.25) is 0 Å². The van der Waals surface area contributed by atoms with E-state index in [-0.39, 0.29) is 0 Å². The molecule has 2 aromatic rings. The third-order valence-corrected chi connectivity index (χ3v) is 3.20. The first kappa shape index (κ1) is 15.6. The van der Waals surface area contributed by atoms with E-state index in [2.05, 4.69) is 48.8 Å². The van der Waals surface area contributed by atoms with Crippen molar-refractivity contribution in [2.24, 2.45) is 0 Å². The summed E-state index contributed by atoms with van der Waals surface area (Å²) in [4.78, 5) is 0. The summed E-state index contributed by atoms with van der Waals surface area (Å²) in [5, 5.41) is 16.6. The largest absolute Gasteiger partial charge is 0.490 e. The highest BCUT2D eigenvalue weighted by Gasteiger charge is 2.12. The molecule has 0 atom stereocenters. The van der Waals surface area contributed by atoms with Gasteiger partial charge in [0.05, 0.1) is 17.7 Å². The molecule has 21 heavy (non-hydrogen) atoms. The summed E-state index contributed by atoms with van der Waals surface area (Å²) in [5.41, 5.74) is 1.03. The van der Waals surface area contributed by atoms with Crippen molar-refractivity contribution in [3.8, 4) is 11.5 Å². The number of halogens is 1. The lowest BCUT2D eigenvalue weighted by Gasteiger charge is -2.15. The molecule has 7 nitrogen and oxygen atoms in total. The number of rotatable bonds is 8. The summed E-state index contributed by atoms with van der Waals surface area (Å²) < 4.78 is 12.3. The Balaban J connectivity index is 2.14. The van der Waals surface area contributed by atoms with E-state index in [1.54, 1.807) is 0 Å². The maximum atomic E-state index is 5.74. The summed E-state index contributed by atoms with van der Waals surface area (Å²) in [7, 11) is 0. The molecule has 2 N–H and O–H groups in total. The molecule has 1 aromatic heterocycles. The second-order valence-corrected chi connectivity index (χ2v) is 5.13. The number of nitrogens with one attached hydrogen (secondary N) is 2. The van der Waals surface area contributed by atoms with E-state index in [0.29, 0.717) is 25.7 Å². The number of nitrogens with zero attached hydrogens (tertiary/aromatic N) is 3. The summed E-state index contributed by atoms with van der Waals surface area (Å²) in [5.74, 6) is 1.92. The SMILES string of the molecule is CCCOc1c(Br)cc(CNc2nn[nH]n2)cc1OCC. The molecule has 0 aliphatic carbocycles. The van der Waals surface area contributed by atoms with E-state index >= 15 is 0 Å². The maximum Gasteiger partial charge on any atom is 0.263 e. The third-order valence-electron chi connectivity index (χ3n) is 2.62. The normalized spacial score (nSPS) is 10.4. The molecule has 0 fully saturated rings. The number of anilines is 1. The lowest BCUT2D eigenvalue weighted by atomic mass is 10.2. The van der Waals surface area contributed by atoms with Crippen molar-refractivity contribution in [2.75, 3.05) is 18.5 Å². The molecule has 0 aliphatic rings. The molecule has 2 rings (SSSR count). The minimum Gasteiger partial charge on any atom is -0.490 e. The van der Waals surface area contributed by atoms with E-state index in [1.807, 2.05) is 19.1 Å². The first-order chi connectivity index (χ1) is 10.2. The van der Waals surface area contributed by atoms with Gasteiger partial charge in [-0.2, -0.15) is 5.21 Å². The zero-order chi connectivity index (χ0) is 15.1.